The molecule has 1 N–H and O–H groups in total. The number of pyridine rings is 1. The van der Waals surface area contributed by atoms with E-state index in [9.17, 15) is 14.7 Å². The molecule has 1 heterocycles. The molecule has 5 heteroatoms. The number of hydrogen-bond acceptors (Lipinski definition) is 3. The SMILES string of the molecule is Cc1nc(-c2ccccc2)ccc1C(=O)N(C)C(C)(C)C(=O)O. The highest BCUT2D eigenvalue weighted by molar-refractivity contribution is 5.98. The molecule has 0 radical (unpaired) electrons. The van der Waals surface area contributed by atoms with Crippen molar-refractivity contribution in [2.75, 3.05) is 7.05 Å². The number of aryl methyl sites for hydroxylation is 1. The van der Waals surface area contributed by atoms with E-state index in [0.717, 1.165) is 11.3 Å². The summed E-state index contributed by atoms with van der Waals surface area (Å²) in [5.74, 6) is -1.41. The van der Waals surface area contributed by atoms with Crippen molar-refractivity contribution in [1.82, 2.24) is 9.88 Å². The van der Waals surface area contributed by atoms with Crippen molar-refractivity contribution in [1.29, 1.82) is 0 Å². The number of carbonyl (C=O) groups is 2. The Morgan fingerprint density at radius 2 is 1.70 bits per heavy atom. The number of carboxylic acid groups (broad SMARTS) is 1. The van der Waals surface area contributed by atoms with Gasteiger partial charge in [0.2, 0.25) is 0 Å². The number of aromatic nitrogens is 1. The third-order valence-electron chi connectivity index (χ3n) is 4.05. The summed E-state index contributed by atoms with van der Waals surface area (Å²) in [5, 5.41) is 9.26. The van der Waals surface area contributed by atoms with E-state index in [4.69, 9.17) is 0 Å². The first-order valence-corrected chi connectivity index (χ1v) is 7.29. The number of carboxylic acids is 1. The molecule has 0 atom stereocenters. The lowest BCUT2D eigenvalue weighted by Crippen LogP contribution is -2.50. The molecule has 0 saturated carbocycles. The summed E-state index contributed by atoms with van der Waals surface area (Å²) < 4.78 is 0. The van der Waals surface area contributed by atoms with Crippen LogP contribution in [0, 0.1) is 6.92 Å². The van der Waals surface area contributed by atoms with Crippen LogP contribution < -0.4 is 0 Å². The van der Waals surface area contributed by atoms with Crippen LogP contribution in [-0.2, 0) is 4.79 Å². The number of nitrogens with zero attached hydrogens (tertiary/aromatic N) is 2. The zero-order chi connectivity index (χ0) is 17.2. The van der Waals surface area contributed by atoms with E-state index in [-0.39, 0.29) is 5.91 Å². The van der Waals surface area contributed by atoms with E-state index in [1.807, 2.05) is 30.3 Å². The van der Waals surface area contributed by atoms with E-state index in [1.54, 1.807) is 19.1 Å². The maximum absolute atomic E-state index is 12.6. The first kappa shape index (κ1) is 16.7. The molecule has 0 aliphatic carbocycles. The second-order valence-electron chi connectivity index (χ2n) is 5.92. The van der Waals surface area contributed by atoms with Crippen LogP contribution in [0.1, 0.15) is 29.9 Å². The van der Waals surface area contributed by atoms with Gasteiger partial charge in [0.15, 0.2) is 0 Å². The van der Waals surface area contributed by atoms with Gasteiger partial charge in [0, 0.05) is 12.6 Å². The van der Waals surface area contributed by atoms with Crippen molar-refractivity contribution >= 4 is 11.9 Å². The quantitative estimate of drug-likeness (QED) is 0.942. The lowest BCUT2D eigenvalue weighted by molar-refractivity contribution is -0.147. The molecule has 0 aliphatic rings. The summed E-state index contributed by atoms with van der Waals surface area (Å²) in [6.07, 6.45) is 0. The van der Waals surface area contributed by atoms with Gasteiger partial charge in [-0.2, -0.15) is 0 Å². The van der Waals surface area contributed by atoms with Crippen LogP contribution in [0.3, 0.4) is 0 Å². The van der Waals surface area contributed by atoms with Crippen LogP contribution in [0.2, 0.25) is 0 Å². The molecule has 2 rings (SSSR count). The molecule has 0 unspecified atom stereocenters. The van der Waals surface area contributed by atoms with Gasteiger partial charge in [-0.3, -0.25) is 9.78 Å². The Balaban J connectivity index is 2.35. The normalized spacial score (nSPS) is 11.1. The smallest absolute Gasteiger partial charge is 0.329 e. The van der Waals surface area contributed by atoms with Gasteiger partial charge in [0.25, 0.3) is 5.91 Å². The lowest BCUT2D eigenvalue weighted by atomic mass is 10.0. The molecule has 0 saturated heterocycles. The van der Waals surface area contributed by atoms with Crippen molar-refractivity contribution in [2.45, 2.75) is 26.3 Å². The Morgan fingerprint density at radius 3 is 2.22 bits per heavy atom. The molecule has 1 aromatic heterocycles. The van der Waals surface area contributed by atoms with Gasteiger partial charge in [-0.25, -0.2) is 4.79 Å². The number of carbonyl (C=O) groups excluding carboxylic acids is 1. The van der Waals surface area contributed by atoms with Gasteiger partial charge in [-0.1, -0.05) is 30.3 Å². The molecular formula is C18H20N2O3. The summed E-state index contributed by atoms with van der Waals surface area (Å²) in [7, 11) is 1.49. The number of amides is 1. The van der Waals surface area contributed by atoms with Crippen LogP contribution in [0.4, 0.5) is 0 Å². The molecule has 23 heavy (non-hydrogen) atoms. The Morgan fingerprint density at radius 1 is 1.09 bits per heavy atom. The molecule has 1 amide bonds. The molecule has 0 aliphatic heterocycles. The van der Waals surface area contributed by atoms with E-state index < -0.39 is 11.5 Å². The zero-order valence-corrected chi connectivity index (χ0v) is 13.7. The summed E-state index contributed by atoms with van der Waals surface area (Å²) in [6, 6.07) is 13.1. The largest absolute Gasteiger partial charge is 0.480 e. The molecule has 2 aromatic rings. The maximum atomic E-state index is 12.6. The first-order chi connectivity index (χ1) is 10.7. The Kier molecular flexibility index (Phi) is 4.50. The highest BCUT2D eigenvalue weighted by Crippen LogP contribution is 2.21. The number of benzene rings is 1. The minimum atomic E-state index is -1.29. The minimum absolute atomic E-state index is 0.359. The van der Waals surface area contributed by atoms with Crippen LogP contribution in [0.15, 0.2) is 42.5 Å². The Hall–Kier alpha value is -2.69. The number of aliphatic carboxylic acids is 1. The van der Waals surface area contributed by atoms with Gasteiger partial charge in [0.1, 0.15) is 5.54 Å². The van der Waals surface area contributed by atoms with Crippen molar-refractivity contribution < 1.29 is 14.7 Å². The Labute approximate surface area is 135 Å². The summed E-state index contributed by atoms with van der Waals surface area (Å²) >= 11 is 0. The molecule has 0 bridgehead atoms. The van der Waals surface area contributed by atoms with E-state index in [0.29, 0.717) is 11.3 Å². The van der Waals surface area contributed by atoms with Gasteiger partial charge in [-0.05, 0) is 32.9 Å². The van der Waals surface area contributed by atoms with Crippen molar-refractivity contribution in [3.63, 3.8) is 0 Å². The molecule has 0 spiro atoms. The zero-order valence-electron chi connectivity index (χ0n) is 13.7. The van der Waals surface area contributed by atoms with Gasteiger partial charge >= 0.3 is 5.97 Å². The second-order valence-corrected chi connectivity index (χ2v) is 5.92. The fourth-order valence-electron chi connectivity index (χ4n) is 2.13. The molecule has 120 valence electrons. The highest BCUT2D eigenvalue weighted by atomic mass is 16.4. The minimum Gasteiger partial charge on any atom is -0.480 e. The second kappa shape index (κ2) is 6.20. The van der Waals surface area contributed by atoms with Gasteiger partial charge < -0.3 is 10.0 Å². The average Bonchev–Trinajstić information content (AvgIpc) is 2.54. The fraction of sp³-hybridized carbons (Fsp3) is 0.278. The topological polar surface area (TPSA) is 70.5 Å². The van der Waals surface area contributed by atoms with Crippen LogP contribution in [0.5, 0.6) is 0 Å². The predicted octanol–water partition coefficient (Wildman–Crippen LogP) is 2.99. The monoisotopic (exact) mass is 312 g/mol. The molecule has 0 fully saturated rings. The third-order valence-corrected chi connectivity index (χ3v) is 4.05. The lowest BCUT2D eigenvalue weighted by Gasteiger charge is -2.31. The predicted molar refractivity (Wildman–Crippen MR) is 88.2 cm³/mol. The standard InChI is InChI=1S/C18H20N2O3/c1-12-14(16(21)20(4)18(2,3)17(22)23)10-11-15(19-12)13-8-6-5-7-9-13/h5-11H,1-4H3,(H,22,23). The summed E-state index contributed by atoms with van der Waals surface area (Å²) in [5.41, 5.74) is 1.43. The summed E-state index contributed by atoms with van der Waals surface area (Å²) in [6.45, 7) is 4.74. The van der Waals surface area contributed by atoms with Crippen molar-refractivity contribution in [3.8, 4) is 11.3 Å². The van der Waals surface area contributed by atoms with Crippen molar-refractivity contribution in [2.24, 2.45) is 0 Å². The van der Waals surface area contributed by atoms with Crippen LogP contribution in [0.25, 0.3) is 11.3 Å². The van der Waals surface area contributed by atoms with E-state index >= 15 is 0 Å². The third kappa shape index (κ3) is 3.23. The Bertz CT molecular complexity index is 739. The number of rotatable bonds is 4. The van der Waals surface area contributed by atoms with Gasteiger partial charge in [-0.15, -0.1) is 0 Å². The van der Waals surface area contributed by atoms with E-state index in [2.05, 4.69) is 4.98 Å². The fourth-order valence-corrected chi connectivity index (χ4v) is 2.13. The summed E-state index contributed by atoms with van der Waals surface area (Å²) in [4.78, 5) is 29.6. The average molecular weight is 312 g/mol. The van der Waals surface area contributed by atoms with E-state index in [1.165, 1.54) is 25.8 Å². The first-order valence-electron chi connectivity index (χ1n) is 7.29. The highest BCUT2D eigenvalue weighted by Gasteiger charge is 2.36. The number of likely N-dealkylation sites (N-methyl/N-ethyl adjacent to an activating group) is 1. The van der Waals surface area contributed by atoms with Crippen molar-refractivity contribution in [3.05, 3.63) is 53.7 Å². The van der Waals surface area contributed by atoms with Crippen LogP contribution in [-0.4, -0.2) is 39.5 Å². The molecular weight excluding hydrogens is 292 g/mol. The maximum Gasteiger partial charge on any atom is 0.329 e. The number of hydrogen-bond donors (Lipinski definition) is 1. The van der Waals surface area contributed by atoms with Crippen LogP contribution >= 0.6 is 0 Å². The van der Waals surface area contributed by atoms with Gasteiger partial charge in [0.05, 0.1) is 17.0 Å². The molecule has 5 nitrogen and oxygen atoms in total. The molecule has 1 aromatic carbocycles.